The van der Waals surface area contributed by atoms with Gasteiger partial charge in [-0.1, -0.05) is 17.7 Å². The number of rotatable bonds is 1. The van der Waals surface area contributed by atoms with Crippen molar-refractivity contribution in [2.24, 2.45) is 0 Å². The van der Waals surface area contributed by atoms with Crippen molar-refractivity contribution >= 4 is 11.8 Å². The predicted molar refractivity (Wildman–Crippen MR) is 47.6 cm³/mol. The fourth-order valence-corrected chi connectivity index (χ4v) is 0.879. The largest absolute Gasteiger partial charge is 0.465 e. The topological polar surface area (TPSA) is 40.5 Å². The van der Waals surface area contributed by atoms with Crippen LogP contribution in [-0.2, 0) is 0 Å². The van der Waals surface area contributed by atoms with Crippen molar-refractivity contribution in [3.8, 4) is 0 Å². The standard InChI is InChI=1S/C9H11NO2/c1-7-3-5-8(6-4-7)10(2)9(11)12/h3-6H,1-2H3,(H,11,12). The van der Waals surface area contributed by atoms with E-state index in [1.807, 2.05) is 19.1 Å². The molecule has 0 radical (unpaired) electrons. The third-order valence-corrected chi connectivity index (χ3v) is 1.71. The quantitative estimate of drug-likeness (QED) is 0.692. The van der Waals surface area contributed by atoms with Crippen LogP contribution >= 0.6 is 0 Å². The molecule has 0 aliphatic rings. The van der Waals surface area contributed by atoms with E-state index < -0.39 is 6.09 Å². The number of aryl methyl sites for hydroxylation is 1. The summed E-state index contributed by atoms with van der Waals surface area (Å²) < 4.78 is 0. The minimum atomic E-state index is -0.946. The maximum atomic E-state index is 10.5. The van der Waals surface area contributed by atoms with Crippen molar-refractivity contribution < 1.29 is 9.90 Å². The van der Waals surface area contributed by atoms with Gasteiger partial charge in [0.15, 0.2) is 0 Å². The Bertz CT molecular complexity index is 279. The molecule has 0 atom stereocenters. The summed E-state index contributed by atoms with van der Waals surface area (Å²) in [4.78, 5) is 11.7. The van der Waals surface area contributed by atoms with Crippen molar-refractivity contribution in [1.29, 1.82) is 0 Å². The Morgan fingerprint density at radius 1 is 1.33 bits per heavy atom. The molecule has 0 saturated heterocycles. The number of hydrogen-bond donors (Lipinski definition) is 1. The molecular weight excluding hydrogens is 154 g/mol. The molecule has 1 rings (SSSR count). The van der Waals surface area contributed by atoms with Gasteiger partial charge in [0.1, 0.15) is 0 Å². The summed E-state index contributed by atoms with van der Waals surface area (Å²) in [6.07, 6.45) is -0.946. The number of benzene rings is 1. The lowest BCUT2D eigenvalue weighted by Gasteiger charge is -2.12. The Labute approximate surface area is 71.2 Å². The lowest BCUT2D eigenvalue weighted by Crippen LogP contribution is -2.23. The maximum absolute atomic E-state index is 10.5. The van der Waals surface area contributed by atoms with E-state index in [1.165, 1.54) is 11.9 Å². The molecule has 0 fully saturated rings. The van der Waals surface area contributed by atoms with Gasteiger partial charge in [0.05, 0.1) is 0 Å². The Kier molecular flexibility index (Phi) is 2.33. The molecule has 0 spiro atoms. The van der Waals surface area contributed by atoms with E-state index in [-0.39, 0.29) is 0 Å². The molecule has 3 heteroatoms. The molecule has 12 heavy (non-hydrogen) atoms. The highest BCUT2D eigenvalue weighted by molar-refractivity contribution is 5.85. The smallest absolute Gasteiger partial charge is 0.411 e. The van der Waals surface area contributed by atoms with Crippen LogP contribution in [0.3, 0.4) is 0 Å². The first kappa shape index (κ1) is 8.59. The number of carbonyl (C=O) groups is 1. The fourth-order valence-electron chi connectivity index (χ4n) is 0.879. The Hall–Kier alpha value is -1.51. The highest BCUT2D eigenvalue weighted by atomic mass is 16.4. The van der Waals surface area contributed by atoms with Crippen molar-refractivity contribution in [2.75, 3.05) is 11.9 Å². The van der Waals surface area contributed by atoms with Gasteiger partial charge in [-0.25, -0.2) is 4.79 Å². The summed E-state index contributed by atoms with van der Waals surface area (Å²) >= 11 is 0. The average molecular weight is 165 g/mol. The van der Waals surface area contributed by atoms with E-state index in [2.05, 4.69) is 0 Å². The second-order valence-corrected chi connectivity index (χ2v) is 2.68. The Balaban J connectivity index is 2.89. The minimum absolute atomic E-state index is 0.688. The van der Waals surface area contributed by atoms with Crippen molar-refractivity contribution in [2.45, 2.75) is 6.92 Å². The zero-order valence-electron chi connectivity index (χ0n) is 7.11. The van der Waals surface area contributed by atoms with Crippen LogP contribution in [0.15, 0.2) is 24.3 Å². The second-order valence-electron chi connectivity index (χ2n) is 2.68. The average Bonchev–Trinajstić information content (AvgIpc) is 2.04. The maximum Gasteiger partial charge on any atom is 0.411 e. The first-order valence-corrected chi connectivity index (χ1v) is 3.64. The molecule has 1 N–H and O–H groups in total. The SMILES string of the molecule is Cc1ccc(N(C)C(=O)O)cc1. The van der Waals surface area contributed by atoms with Crippen LogP contribution in [0.1, 0.15) is 5.56 Å². The van der Waals surface area contributed by atoms with Crippen LogP contribution in [0.5, 0.6) is 0 Å². The van der Waals surface area contributed by atoms with E-state index in [0.717, 1.165) is 5.56 Å². The zero-order chi connectivity index (χ0) is 9.14. The van der Waals surface area contributed by atoms with Crippen LogP contribution in [0, 0.1) is 6.92 Å². The zero-order valence-corrected chi connectivity index (χ0v) is 7.11. The molecule has 0 unspecified atom stereocenters. The Morgan fingerprint density at radius 3 is 2.25 bits per heavy atom. The van der Waals surface area contributed by atoms with Crippen LogP contribution in [0.25, 0.3) is 0 Å². The predicted octanol–water partition coefficient (Wildman–Crippen LogP) is 2.11. The van der Waals surface area contributed by atoms with Gasteiger partial charge < -0.3 is 5.11 Å². The van der Waals surface area contributed by atoms with Gasteiger partial charge >= 0.3 is 6.09 Å². The van der Waals surface area contributed by atoms with E-state index in [0.29, 0.717) is 5.69 Å². The van der Waals surface area contributed by atoms with Crippen LogP contribution in [0.2, 0.25) is 0 Å². The lowest BCUT2D eigenvalue weighted by atomic mass is 10.2. The summed E-state index contributed by atoms with van der Waals surface area (Å²) in [5.74, 6) is 0. The minimum Gasteiger partial charge on any atom is -0.465 e. The monoisotopic (exact) mass is 165 g/mol. The summed E-state index contributed by atoms with van der Waals surface area (Å²) in [5.41, 5.74) is 1.81. The lowest BCUT2D eigenvalue weighted by molar-refractivity contribution is 0.203. The van der Waals surface area contributed by atoms with Crippen LogP contribution < -0.4 is 4.90 Å². The van der Waals surface area contributed by atoms with Gasteiger partial charge in [-0.3, -0.25) is 4.90 Å². The van der Waals surface area contributed by atoms with E-state index in [9.17, 15) is 4.79 Å². The van der Waals surface area contributed by atoms with Crippen molar-refractivity contribution in [3.63, 3.8) is 0 Å². The molecule has 0 aromatic heterocycles. The third kappa shape index (κ3) is 1.75. The van der Waals surface area contributed by atoms with Gasteiger partial charge in [0.25, 0.3) is 0 Å². The Morgan fingerprint density at radius 2 is 1.83 bits per heavy atom. The molecule has 1 aromatic carbocycles. The summed E-state index contributed by atoms with van der Waals surface area (Å²) in [7, 11) is 1.52. The normalized spacial score (nSPS) is 9.50. The number of carboxylic acid groups (broad SMARTS) is 1. The number of hydrogen-bond acceptors (Lipinski definition) is 1. The first-order chi connectivity index (χ1) is 5.61. The van der Waals surface area contributed by atoms with Crippen LogP contribution in [-0.4, -0.2) is 18.2 Å². The molecule has 0 bridgehead atoms. The van der Waals surface area contributed by atoms with Gasteiger partial charge in [-0.2, -0.15) is 0 Å². The molecule has 1 aromatic rings. The summed E-state index contributed by atoms with van der Waals surface area (Å²) in [5, 5.41) is 8.63. The first-order valence-electron chi connectivity index (χ1n) is 3.64. The molecular formula is C9H11NO2. The second kappa shape index (κ2) is 3.26. The summed E-state index contributed by atoms with van der Waals surface area (Å²) in [6.45, 7) is 1.96. The van der Waals surface area contributed by atoms with E-state index in [1.54, 1.807) is 12.1 Å². The van der Waals surface area contributed by atoms with Gasteiger partial charge in [-0.05, 0) is 19.1 Å². The fraction of sp³-hybridized carbons (Fsp3) is 0.222. The van der Waals surface area contributed by atoms with Gasteiger partial charge in [-0.15, -0.1) is 0 Å². The molecule has 0 aliphatic heterocycles. The van der Waals surface area contributed by atoms with Crippen molar-refractivity contribution in [3.05, 3.63) is 29.8 Å². The third-order valence-electron chi connectivity index (χ3n) is 1.71. The number of amides is 1. The number of anilines is 1. The molecule has 3 nitrogen and oxygen atoms in total. The molecule has 0 heterocycles. The number of nitrogens with zero attached hydrogens (tertiary/aromatic N) is 1. The molecule has 0 saturated carbocycles. The molecule has 1 amide bonds. The van der Waals surface area contributed by atoms with E-state index in [4.69, 9.17) is 5.11 Å². The highest BCUT2D eigenvalue weighted by Gasteiger charge is 2.06. The van der Waals surface area contributed by atoms with Crippen LogP contribution in [0.4, 0.5) is 10.5 Å². The molecule has 64 valence electrons. The summed E-state index contributed by atoms with van der Waals surface area (Å²) in [6, 6.07) is 7.33. The van der Waals surface area contributed by atoms with Gasteiger partial charge in [0.2, 0.25) is 0 Å². The van der Waals surface area contributed by atoms with Gasteiger partial charge in [0, 0.05) is 12.7 Å². The molecule has 0 aliphatic carbocycles. The van der Waals surface area contributed by atoms with Crippen molar-refractivity contribution in [1.82, 2.24) is 0 Å². The highest BCUT2D eigenvalue weighted by Crippen LogP contribution is 2.12. The van der Waals surface area contributed by atoms with E-state index >= 15 is 0 Å².